The predicted molar refractivity (Wildman–Crippen MR) is 141 cm³/mol. The summed E-state index contributed by atoms with van der Waals surface area (Å²) in [5.74, 6) is -0.0404. The number of fused-ring (bicyclic) bond motifs is 1. The minimum atomic E-state index is -1.47. The van der Waals surface area contributed by atoms with Crippen LogP contribution in [-0.2, 0) is 34.6 Å². The first kappa shape index (κ1) is 25.9. The summed E-state index contributed by atoms with van der Waals surface area (Å²) in [7, 11) is -1.47. The Balaban J connectivity index is 0.00000108. The largest absolute Gasteiger partial charge is 0.360 e. The van der Waals surface area contributed by atoms with Crippen LogP contribution in [0.25, 0.3) is 10.9 Å². The molecule has 0 fully saturated rings. The highest BCUT2D eigenvalue weighted by molar-refractivity contribution is 7.85. The fraction of sp³-hybridized carbons (Fsp3) is 0.269. The molecule has 3 aromatic heterocycles. The first-order valence-electron chi connectivity index (χ1n) is 11.5. The second-order valence-corrected chi connectivity index (χ2v) is 9.27. The van der Waals surface area contributed by atoms with Gasteiger partial charge < -0.3 is 14.9 Å². The summed E-state index contributed by atoms with van der Waals surface area (Å²) in [4.78, 5) is 32.8. The Hall–Kier alpha value is -3.72. The molecule has 4 rings (SSSR count). The molecule has 0 saturated heterocycles. The van der Waals surface area contributed by atoms with Crippen LogP contribution >= 0.6 is 0 Å². The van der Waals surface area contributed by atoms with Crippen molar-refractivity contribution in [2.45, 2.75) is 46.0 Å². The van der Waals surface area contributed by atoms with Crippen LogP contribution in [-0.4, -0.2) is 24.7 Å². The standard InChI is InChI=1S/C23H23N5O3S.C3H8/c1-16-7-8-20(27-32(31)15-17-5-3-2-4-6-17)23(30)28(16)14-22(29)26-12-19-11-18-9-10-24-21(18)13-25-19;1-3-2/h2-11,13,24,27H,12,14-15H2,1H3,(H,26,29);3H2,1-2H3. The van der Waals surface area contributed by atoms with E-state index in [1.54, 1.807) is 25.3 Å². The number of carbonyl (C=O) groups excluding carboxylic acids is 1. The van der Waals surface area contributed by atoms with E-state index >= 15 is 0 Å². The molecular formula is C26H31N5O3S. The van der Waals surface area contributed by atoms with Gasteiger partial charge in [0.2, 0.25) is 5.91 Å². The summed E-state index contributed by atoms with van der Waals surface area (Å²) in [5, 5.41) is 3.81. The number of aromatic amines is 1. The van der Waals surface area contributed by atoms with Gasteiger partial charge >= 0.3 is 0 Å². The number of H-pyrrole nitrogens is 1. The number of nitrogens with one attached hydrogen (secondary N) is 3. The summed E-state index contributed by atoms with van der Waals surface area (Å²) in [6.45, 7) is 6.12. The zero-order valence-corrected chi connectivity index (χ0v) is 21.0. The molecule has 4 aromatic rings. The van der Waals surface area contributed by atoms with Crippen molar-refractivity contribution in [3.05, 3.63) is 94.3 Å². The lowest BCUT2D eigenvalue weighted by atomic mass is 10.2. The number of carbonyl (C=O) groups is 1. The van der Waals surface area contributed by atoms with Crippen LogP contribution in [0.1, 0.15) is 37.2 Å². The second-order valence-electron chi connectivity index (χ2n) is 8.08. The van der Waals surface area contributed by atoms with Crippen molar-refractivity contribution in [1.29, 1.82) is 0 Å². The van der Waals surface area contributed by atoms with Crippen LogP contribution in [0, 0.1) is 6.92 Å². The van der Waals surface area contributed by atoms with Crippen molar-refractivity contribution >= 4 is 33.5 Å². The van der Waals surface area contributed by atoms with Crippen LogP contribution in [0.15, 0.2) is 71.8 Å². The summed E-state index contributed by atoms with van der Waals surface area (Å²) in [6, 6.07) is 16.5. The van der Waals surface area contributed by atoms with Crippen molar-refractivity contribution in [2.24, 2.45) is 0 Å². The Morgan fingerprint density at radius 3 is 2.60 bits per heavy atom. The van der Waals surface area contributed by atoms with Gasteiger partial charge in [-0.1, -0.05) is 50.6 Å². The van der Waals surface area contributed by atoms with Gasteiger partial charge in [-0.15, -0.1) is 0 Å². The van der Waals surface area contributed by atoms with Gasteiger partial charge in [0, 0.05) is 17.3 Å². The molecule has 35 heavy (non-hydrogen) atoms. The highest BCUT2D eigenvalue weighted by Gasteiger charge is 2.12. The average Bonchev–Trinajstić information content (AvgIpc) is 3.31. The molecule has 1 atom stereocenters. The van der Waals surface area contributed by atoms with Crippen LogP contribution in [0.4, 0.5) is 5.69 Å². The van der Waals surface area contributed by atoms with Crippen molar-refractivity contribution in [3.8, 4) is 0 Å². The van der Waals surface area contributed by atoms with Crippen molar-refractivity contribution in [3.63, 3.8) is 0 Å². The van der Waals surface area contributed by atoms with Gasteiger partial charge in [0.1, 0.15) is 23.2 Å². The van der Waals surface area contributed by atoms with Gasteiger partial charge in [0.05, 0.1) is 29.7 Å². The number of benzene rings is 1. The molecule has 1 amide bonds. The minimum Gasteiger partial charge on any atom is -0.360 e. The number of amides is 1. The van der Waals surface area contributed by atoms with E-state index in [1.807, 2.05) is 48.7 Å². The minimum absolute atomic E-state index is 0.141. The average molecular weight is 494 g/mol. The highest BCUT2D eigenvalue weighted by Crippen LogP contribution is 2.12. The van der Waals surface area contributed by atoms with Crippen LogP contribution in [0.5, 0.6) is 0 Å². The third kappa shape index (κ3) is 7.38. The third-order valence-electron chi connectivity index (χ3n) is 5.02. The number of rotatable bonds is 8. The topological polar surface area (TPSA) is 109 Å². The Morgan fingerprint density at radius 2 is 1.86 bits per heavy atom. The molecule has 0 bridgehead atoms. The molecule has 1 aromatic carbocycles. The Labute approximate surface area is 207 Å². The van der Waals surface area contributed by atoms with Crippen LogP contribution < -0.4 is 15.6 Å². The molecule has 0 spiro atoms. The molecule has 0 aliphatic heterocycles. The number of aromatic nitrogens is 3. The van der Waals surface area contributed by atoms with Gasteiger partial charge in [-0.3, -0.25) is 19.3 Å². The molecule has 3 N–H and O–H groups in total. The molecule has 0 saturated carbocycles. The molecule has 0 aliphatic carbocycles. The Morgan fingerprint density at radius 1 is 1.11 bits per heavy atom. The van der Waals surface area contributed by atoms with Crippen LogP contribution in [0.2, 0.25) is 0 Å². The number of pyridine rings is 2. The van der Waals surface area contributed by atoms with Crippen molar-refractivity contribution in [2.75, 3.05) is 4.72 Å². The lowest BCUT2D eigenvalue weighted by Gasteiger charge is -2.13. The smallest absolute Gasteiger partial charge is 0.275 e. The molecule has 9 heteroatoms. The fourth-order valence-electron chi connectivity index (χ4n) is 3.31. The first-order valence-corrected chi connectivity index (χ1v) is 12.8. The molecule has 0 radical (unpaired) electrons. The molecule has 1 unspecified atom stereocenters. The number of aryl methyl sites for hydroxylation is 1. The molecule has 0 aliphatic rings. The molecule has 8 nitrogen and oxygen atoms in total. The van der Waals surface area contributed by atoms with E-state index in [0.29, 0.717) is 5.69 Å². The lowest BCUT2D eigenvalue weighted by Crippen LogP contribution is -2.34. The summed E-state index contributed by atoms with van der Waals surface area (Å²) >= 11 is 0. The monoisotopic (exact) mass is 493 g/mol. The lowest BCUT2D eigenvalue weighted by molar-refractivity contribution is -0.121. The van der Waals surface area contributed by atoms with Gasteiger partial charge in [-0.25, -0.2) is 4.21 Å². The number of anilines is 1. The van der Waals surface area contributed by atoms with E-state index in [9.17, 15) is 13.8 Å². The maximum Gasteiger partial charge on any atom is 0.275 e. The molecular weight excluding hydrogens is 462 g/mol. The second kappa shape index (κ2) is 12.7. The maximum absolute atomic E-state index is 12.9. The molecule has 3 heterocycles. The van der Waals surface area contributed by atoms with Crippen LogP contribution in [0.3, 0.4) is 0 Å². The van der Waals surface area contributed by atoms with E-state index in [4.69, 9.17) is 0 Å². The van der Waals surface area contributed by atoms with Gasteiger partial charge in [-0.05, 0) is 36.8 Å². The first-order chi connectivity index (χ1) is 16.9. The number of hydrogen-bond acceptors (Lipinski definition) is 4. The number of hydrogen-bond donors (Lipinski definition) is 3. The summed E-state index contributed by atoms with van der Waals surface area (Å²) in [6.07, 6.45) is 4.80. The zero-order valence-electron chi connectivity index (χ0n) is 20.2. The quantitative estimate of drug-likeness (QED) is 0.344. The molecule has 184 valence electrons. The van der Waals surface area contributed by atoms with Gasteiger partial charge in [0.25, 0.3) is 5.56 Å². The van der Waals surface area contributed by atoms with E-state index in [2.05, 4.69) is 33.9 Å². The summed E-state index contributed by atoms with van der Waals surface area (Å²) in [5.41, 5.74) is 2.98. The number of nitrogens with zero attached hydrogens (tertiary/aromatic N) is 2. The predicted octanol–water partition coefficient (Wildman–Crippen LogP) is 4.04. The normalized spacial score (nSPS) is 11.4. The Kier molecular flexibility index (Phi) is 9.37. The van der Waals surface area contributed by atoms with Gasteiger partial charge in [0.15, 0.2) is 0 Å². The highest BCUT2D eigenvalue weighted by atomic mass is 32.2. The third-order valence-corrected chi connectivity index (χ3v) is 6.06. The van der Waals surface area contributed by atoms with Crippen molar-refractivity contribution in [1.82, 2.24) is 19.9 Å². The van der Waals surface area contributed by atoms with E-state index in [1.165, 1.54) is 11.0 Å². The van der Waals surface area contributed by atoms with E-state index in [-0.39, 0.29) is 30.4 Å². The Bertz CT molecular complexity index is 1350. The zero-order chi connectivity index (χ0) is 25.2. The van der Waals surface area contributed by atoms with E-state index < -0.39 is 16.5 Å². The van der Waals surface area contributed by atoms with Gasteiger partial charge in [-0.2, -0.15) is 0 Å². The summed E-state index contributed by atoms with van der Waals surface area (Å²) < 4.78 is 16.6. The fourth-order valence-corrected chi connectivity index (χ4v) is 4.28. The SMILES string of the molecule is CCC.Cc1ccc(NS(=O)Cc2ccccc2)c(=O)n1CC(=O)NCc1cc2cc[nH]c2cn1. The maximum atomic E-state index is 12.9. The van der Waals surface area contributed by atoms with E-state index in [0.717, 1.165) is 22.2 Å². The van der Waals surface area contributed by atoms with Crippen molar-refractivity contribution < 1.29 is 9.00 Å².